The van der Waals surface area contributed by atoms with Gasteiger partial charge in [-0.3, -0.25) is 4.79 Å². The van der Waals surface area contributed by atoms with Crippen LogP contribution < -0.4 is 15.0 Å². The maximum Gasteiger partial charge on any atom is 0.262 e. The molecule has 4 nitrogen and oxygen atoms in total. The second-order valence-electron chi connectivity index (χ2n) is 5.14. The summed E-state index contributed by atoms with van der Waals surface area (Å²) in [4.78, 5) is 13.7. The minimum Gasteiger partial charge on any atom is -0.482 e. The lowest BCUT2D eigenvalue weighted by molar-refractivity contribution is -0.118. The minimum atomic E-state index is -0.0978. The van der Waals surface area contributed by atoms with E-state index in [1.807, 2.05) is 18.2 Å². The van der Waals surface area contributed by atoms with Gasteiger partial charge in [-0.15, -0.1) is 0 Å². The zero-order valence-electron chi connectivity index (χ0n) is 10.9. The average molecular weight is 266 g/mol. The van der Waals surface area contributed by atoms with Gasteiger partial charge in [-0.1, -0.05) is 24.3 Å². The van der Waals surface area contributed by atoms with Gasteiger partial charge in [0.25, 0.3) is 5.91 Å². The van der Waals surface area contributed by atoms with Gasteiger partial charge in [0.15, 0.2) is 6.61 Å². The number of benzene rings is 2. The topological polar surface area (TPSA) is 41.6 Å². The molecular weight excluding hydrogens is 252 g/mol. The first-order valence-corrected chi connectivity index (χ1v) is 6.68. The third-order valence-electron chi connectivity index (χ3n) is 3.80. The third-order valence-corrected chi connectivity index (χ3v) is 3.80. The van der Waals surface area contributed by atoms with E-state index in [4.69, 9.17) is 4.74 Å². The normalized spacial score (nSPS) is 16.2. The van der Waals surface area contributed by atoms with Crippen molar-refractivity contribution < 1.29 is 9.53 Å². The molecule has 2 aliphatic rings. The Bertz CT molecular complexity index is 672. The van der Waals surface area contributed by atoms with Crippen molar-refractivity contribution in [2.75, 3.05) is 16.8 Å². The maximum atomic E-state index is 11.4. The molecule has 2 aliphatic heterocycles. The Balaban J connectivity index is 1.65. The van der Waals surface area contributed by atoms with Crippen molar-refractivity contribution in [1.29, 1.82) is 0 Å². The molecule has 0 aliphatic carbocycles. The molecule has 20 heavy (non-hydrogen) atoms. The molecule has 1 N–H and O–H groups in total. The van der Waals surface area contributed by atoms with Gasteiger partial charge >= 0.3 is 0 Å². The number of anilines is 2. The quantitative estimate of drug-likeness (QED) is 0.862. The number of hydrogen-bond donors (Lipinski definition) is 1. The van der Waals surface area contributed by atoms with Crippen LogP contribution in [0.4, 0.5) is 11.4 Å². The molecule has 0 fully saturated rings. The third kappa shape index (κ3) is 1.81. The summed E-state index contributed by atoms with van der Waals surface area (Å²) in [6, 6.07) is 14.4. The van der Waals surface area contributed by atoms with Crippen LogP contribution in [0.3, 0.4) is 0 Å². The van der Waals surface area contributed by atoms with Gasteiger partial charge in [0, 0.05) is 18.8 Å². The largest absolute Gasteiger partial charge is 0.482 e. The number of carbonyl (C=O) groups is 1. The fourth-order valence-electron chi connectivity index (χ4n) is 2.78. The number of fused-ring (bicyclic) bond motifs is 2. The second kappa shape index (κ2) is 4.27. The van der Waals surface area contributed by atoms with Crippen LogP contribution in [-0.2, 0) is 17.9 Å². The highest BCUT2D eigenvalue weighted by Crippen LogP contribution is 2.35. The van der Waals surface area contributed by atoms with E-state index >= 15 is 0 Å². The number of rotatable bonds is 1. The fourth-order valence-corrected chi connectivity index (χ4v) is 2.78. The van der Waals surface area contributed by atoms with E-state index in [2.05, 4.69) is 34.5 Å². The van der Waals surface area contributed by atoms with Gasteiger partial charge in [-0.05, 0) is 29.3 Å². The molecule has 0 saturated heterocycles. The van der Waals surface area contributed by atoms with E-state index in [1.54, 1.807) is 0 Å². The highest BCUT2D eigenvalue weighted by atomic mass is 16.5. The Morgan fingerprint density at radius 1 is 1.05 bits per heavy atom. The molecule has 100 valence electrons. The van der Waals surface area contributed by atoms with Crippen molar-refractivity contribution in [2.24, 2.45) is 0 Å². The van der Waals surface area contributed by atoms with E-state index in [0.717, 1.165) is 30.2 Å². The molecule has 0 atom stereocenters. The molecule has 0 bridgehead atoms. The highest BCUT2D eigenvalue weighted by molar-refractivity contribution is 5.96. The maximum absolute atomic E-state index is 11.4. The van der Waals surface area contributed by atoms with Gasteiger partial charge in [0.1, 0.15) is 5.75 Å². The first kappa shape index (κ1) is 11.3. The molecule has 1 amide bonds. The van der Waals surface area contributed by atoms with Crippen LogP contribution in [0.1, 0.15) is 11.1 Å². The zero-order chi connectivity index (χ0) is 13.5. The van der Waals surface area contributed by atoms with Crippen molar-refractivity contribution in [3.63, 3.8) is 0 Å². The van der Waals surface area contributed by atoms with Crippen molar-refractivity contribution in [3.05, 3.63) is 53.6 Å². The van der Waals surface area contributed by atoms with Gasteiger partial charge in [0.2, 0.25) is 0 Å². The Kier molecular flexibility index (Phi) is 2.42. The van der Waals surface area contributed by atoms with Gasteiger partial charge in [-0.2, -0.15) is 0 Å². The Labute approximate surface area is 117 Å². The number of carbonyl (C=O) groups excluding carboxylic acids is 1. The van der Waals surface area contributed by atoms with Crippen LogP contribution in [-0.4, -0.2) is 12.5 Å². The Morgan fingerprint density at radius 3 is 2.55 bits per heavy atom. The van der Waals surface area contributed by atoms with Crippen molar-refractivity contribution in [1.82, 2.24) is 0 Å². The SMILES string of the molecule is O=C1COc2ccc(N3Cc4ccccc4C3)cc2N1. The standard InChI is InChI=1S/C16H14N2O2/c19-16-10-20-15-6-5-13(7-14(15)17-16)18-8-11-3-1-2-4-12(11)9-18/h1-7H,8-10H2,(H,17,19). The lowest BCUT2D eigenvalue weighted by Crippen LogP contribution is -2.25. The predicted octanol–water partition coefficient (Wildman–Crippen LogP) is 2.54. The van der Waals surface area contributed by atoms with E-state index in [1.165, 1.54) is 11.1 Å². The van der Waals surface area contributed by atoms with E-state index in [9.17, 15) is 4.79 Å². The number of hydrogen-bond acceptors (Lipinski definition) is 3. The lowest BCUT2D eigenvalue weighted by atomic mass is 10.1. The summed E-state index contributed by atoms with van der Waals surface area (Å²) < 4.78 is 5.38. The molecule has 2 aromatic carbocycles. The second-order valence-corrected chi connectivity index (χ2v) is 5.14. The van der Waals surface area contributed by atoms with Crippen LogP contribution in [0, 0.1) is 0 Å². The Hall–Kier alpha value is -2.49. The lowest BCUT2D eigenvalue weighted by Gasteiger charge is -2.22. The van der Waals surface area contributed by atoms with Crippen molar-refractivity contribution in [3.8, 4) is 5.75 Å². The molecule has 2 aromatic rings. The smallest absolute Gasteiger partial charge is 0.262 e. The molecule has 4 rings (SSSR count). The number of nitrogens with zero attached hydrogens (tertiary/aromatic N) is 1. The van der Waals surface area contributed by atoms with Crippen LogP contribution >= 0.6 is 0 Å². The first-order valence-electron chi connectivity index (χ1n) is 6.68. The molecule has 0 unspecified atom stereocenters. The van der Waals surface area contributed by atoms with Crippen LogP contribution in [0.15, 0.2) is 42.5 Å². The van der Waals surface area contributed by atoms with Gasteiger partial charge in [0.05, 0.1) is 5.69 Å². The number of amides is 1. The minimum absolute atomic E-state index is 0.0978. The van der Waals surface area contributed by atoms with Gasteiger partial charge in [-0.25, -0.2) is 0 Å². The summed E-state index contributed by atoms with van der Waals surface area (Å²) in [6.45, 7) is 1.91. The van der Waals surface area contributed by atoms with E-state index < -0.39 is 0 Å². The summed E-state index contributed by atoms with van der Waals surface area (Å²) in [5.41, 5.74) is 4.59. The van der Waals surface area contributed by atoms with Crippen molar-refractivity contribution in [2.45, 2.75) is 13.1 Å². The summed E-state index contributed by atoms with van der Waals surface area (Å²) in [7, 11) is 0. The average Bonchev–Trinajstić information content (AvgIpc) is 2.90. The highest BCUT2D eigenvalue weighted by Gasteiger charge is 2.21. The van der Waals surface area contributed by atoms with Crippen LogP contribution in [0.5, 0.6) is 5.75 Å². The van der Waals surface area contributed by atoms with Gasteiger partial charge < -0.3 is 15.0 Å². The predicted molar refractivity (Wildman–Crippen MR) is 76.9 cm³/mol. The molecule has 2 heterocycles. The summed E-state index contributed by atoms with van der Waals surface area (Å²) in [5.74, 6) is 0.643. The number of nitrogens with one attached hydrogen (secondary N) is 1. The first-order chi connectivity index (χ1) is 9.79. The molecule has 0 radical (unpaired) electrons. The molecular formula is C16H14N2O2. The molecule has 0 aromatic heterocycles. The van der Waals surface area contributed by atoms with Crippen LogP contribution in [0.2, 0.25) is 0 Å². The summed E-state index contributed by atoms with van der Waals surface area (Å²) in [6.07, 6.45) is 0. The summed E-state index contributed by atoms with van der Waals surface area (Å²) >= 11 is 0. The summed E-state index contributed by atoms with van der Waals surface area (Å²) in [5, 5.41) is 2.85. The number of ether oxygens (including phenoxy) is 1. The van der Waals surface area contributed by atoms with Crippen molar-refractivity contribution >= 4 is 17.3 Å². The van der Waals surface area contributed by atoms with Crippen LogP contribution in [0.25, 0.3) is 0 Å². The molecule has 0 saturated carbocycles. The zero-order valence-corrected chi connectivity index (χ0v) is 10.9. The fraction of sp³-hybridized carbons (Fsp3) is 0.188. The van der Waals surface area contributed by atoms with E-state index in [0.29, 0.717) is 0 Å². The Morgan fingerprint density at radius 2 is 1.80 bits per heavy atom. The van der Waals surface area contributed by atoms with E-state index in [-0.39, 0.29) is 12.5 Å². The molecule has 4 heteroatoms. The molecule has 0 spiro atoms. The monoisotopic (exact) mass is 266 g/mol.